The highest BCUT2D eigenvalue weighted by Gasteiger charge is 2.07. The quantitative estimate of drug-likeness (QED) is 0.885. The van der Waals surface area contributed by atoms with Crippen LogP contribution in [-0.4, -0.2) is 22.9 Å². The van der Waals surface area contributed by atoms with Crippen LogP contribution in [0.2, 0.25) is 10.0 Å². The minimum atomic E-state index is -0.219. The van der Waals surface area contributed by atoms with Crippen molar-refractivity contribution in [2.24, 2.45) is 5.73 Å². The summed E-state index contributed by atoms with van der Waals surface area (Å²) in [7, 11) is 0. The van der Waals surface area contributed by atoms with Crippen molar-refractivity contribution in [2.75, 3.05) is 18.4 Å². The fourth-order valence-electron chi connectivity index (χ4n) is 1.70. The third-order valence-electron chi connectivity index (χ3n) is 2.69. The van der Waals surface area contributed by atoms with Gasteiger partial charge in [0.25, 0.3) is 5.56 Å². The van der Waals surface area contributed by atoms with E-state index >= 15 is 0 Å². The molecule has 20 heavy (non-hydrogen) atoms. The first kappa shape index (κ1) is 14.8. The Morgan fingerprint density at radius 3 is 2.85 bits per heavy atom. The van der Waals surface area contributed by atoms with Gasteiger partial charge in [-0.3, -0.25) is 4.79 Å². The Hall–Kier alpha value is -1.56. The number of rotatable bonds is 5. The first-order valence-electron chi connectivity index (χ1n) is 6.06. The number of hydrogen-bond donors (Lipinski definition) is 2. The molecule has 0 saturated carbocycles. The van der Waals surface area contributed by atoms with Crippen LogP contribution in [0.1, 0.15) is 5.56 Å². The molecule has 0 bridgehead atoms. The SMILES string of the molecule is NCCNc1cnn(Cc2cccc(Cl)c2Cl)c(=O)c1. The lowest BCUT2D eigenvalue weighted by molar-refractivity contribution is 0.639. The predicted molar refractivity (Wildman–Crippen MR) is 81.6 cm³/mol. The summed E-state index contributed by atoms with van der Waals surface area (Å²) in [5.74, 6) is 0. The molecule has 5 nitrogen and oxygen atoms in total. The van der Waals surface area contributed by atoms with Gasteiger partial charge in [-0.1, -0.05) is 35.3 Å². The van der Waals surface area contributed by atoms with Crippen molar-refractivity contribution < 1.29 is 0 Å². The summed E-state index contributed by atoms with van der Waals surface area (Å²) in [6.07, 6.45) is 1.58. The van der Waals surface area contributed by atoms with E-state index in [1.807, 2.05) is 6.07 Å². The molecule has 7 heteroatoms. The molecule has 0 amide bonds. The normalized spacial score (nSPS) is 10.6. The summed E-state index contributed by atoms with van der Waals surface area (Å²) < 4.78 is 1.32. The molecule has 2 aromatic rings. The van der Waals surface area contributed by atoms with Crippen LogP contribution < -0.4 is 16.6 Å². The second kappa shape index (κ2) is 6.74. The van der Waals surface area contributed by atoms with E-state index in [4.69, 9.17) is 28.9 Å². The average Bonchev–Trinajstić information content (AvgIpc) is 2.44. The molecule has 0 spiro atoms. The summed E-state index contributed by atoms with van der Waals surface area (Å²) in [6.45, 7) is 1.35. The van der Waals surface area contributed by atoms with E-state index < -0.39 is 0 Å². The molecule has 0 atom stereocenters. The zero-order valence-electron chi connectivity index (χ0n) is 10.6. The number of halogens is 2. The van der Waals surface area contributed by atoms with E-state index in [1.54, 1.807) is 18.3 Å². The molecule has 0 radical (unpaired) electrons. The zero-order chi connectivity index (χ0) is 14.5. The summed E-state index contributed by atoms with van der Waals surface area (Å²) in [5, 5.41) is 7.99. The molecule has 1 aromatic heterocycles. The van der Waals surface area contributed by atoms with E-state index in [-0.39, 0.29) is 12.1 Å². The Morgan fingerprint density at radius 1 is 1.35 bits per heavy atom. The number of benzene rings is 1. The van der Waals surface area contributed by atoms with E-state index in [1.165, 1.54) is 10.7 Å². The first-order valence-corrected chi connectivity index (χ1v) is 6.81. The monoisotopic (exact) mass is 312 g/mol. The molecule has 0 unspecified atom stereocenters. The molecule has 2 rings (SSSR count). The van der Waals surface area contributed by atoms with Crippen LogP contribution >= 0.6 is 23.2 Å². The van der Waals surface area contributed by atoms with Crippen molar-refractivity contribution in [2.45, 2.75) is 6.54 Å². The standard InChI is InChI=1S/C13H14Cl2N4O/c14-11-3-1-2-9(13(11)15)8-19-12(20)6-10(7-18-19)17-5-4-16/h1-3,6-7,17H,4-5,8,16H2. The summed E-state index contributed by atoms with van der Waals surface area (Å²) >= 11 is 12.0. The topological polar surface area (TPSA) is 72.9 Å². The fourth-order valence-corrected chi connectivity index (χ4v) is 2.08. The molecule has 1 heterocycles. The van der Waals surface area contributed by atoms with Gasteiger partial charge in [-0.25, -0.2) is 4.68 Å². The van der Waals surface area contributed by atoms with Crippen molar-refractivity contribution in [3.8, 4) is 0 Å². The third-order valence-corrected chi connectivity index (χ3v) is 3.55. The van der Waals surface area contributed by atoms with Gasteiger partial charge in [0, 0.05) is 19.2 Å². The largest absolute Gasteiger partial charge is 0.382 e. The highest BCUT2D eigenvalue weighted by Crippen LogP contribution is 2.25. The van der Waals surface area contributed by atoms with Crippen molar-refractivity contribution in [3.05, 3.63) is 56.4 Å². The van der Waals surface area contributed by atoms with E-state index in [0.717, 1.165) is 5.56 Å². The maximum atomic E-state index is 12.0. The van der Waals surface area contributed by atoms with Gasteiger partial charge < -0.3 is 11.1 Å². The Balaban J connectivity index is 2.22. The Labute approximate surface area is 126 Å². The lowest BCUT2D eigenvalue weighted by atomic mass is 10.2. The number of anilines is 1. The number of nitrogens with zero attached hydrogens (tertiary/aromatic N) is 2. The summed E-state index contributed by atoms with van der Waals surface area (Å²) in [4.78, 5) is 12.0. The van der Waals surface area contributed by atoms with Gasteiger partial charge >= 0.3 is 0 Å². The fraction of sp³-hybridized carbons (Fsp3) is 0.231. The van der Waals surface area contributed by atoms with Gasteiger partial charge in [0.15, 0.2) is 0 Å². The molecule has 0 fully saturated rings. The third kappa shape index (κ3) is 3.50. The molecule has 0 aliphatic carbocycles. The Morgan fingerprint density at radius 2 is 2.15 bits per heavy atom. The molecule has 0 saturated heterocycles. The highest BCUT2D eigenvalue weighted by atomic mass is 35.5. The molecular weight excluding hydrogens is 299 g/mol. The molecule has 0 aliphatic rings. The molecule has 3 N–H and O–H groups in total. The van der Waals surface area contributed by atoms with Crippen LogP contribution in [0.5, 0.6) is 0 Å². The number of nitrogens with one attached hydrogen (secondary N) is 1. The van der Waals surface area contributed by atoms with Crippen LogP contribution in [0.15, 0.2) is 35.3 Å². The molecule has 0 aliphatic heterocycles. The van der Waals surface area contributed by atoms with E-state index in [9.17, 15) is 4.79 Å². The van der Waals surface area contributed by atoms with E-state index in [0.29, 0.717) is 28.8 Å². The van der Waals surface area contributed by atoms with Gasteiger partial charge in [0.1, 0.15) is 0 Å². The van der Waals surface area contributed by atoms with Crippen LogP contribution in [0, 0.1) is 0 Å². The summed E-state index contributed by atoms with van der Waals surface area (Å²) in [5.41, 5.74) is 6.56. The molecule has 1 aromatic carbocycles. The Bertz CT molecular complexity index is 657. The van der Waals surface area contributed by atoms with Crippen molar-refractivity contribution in [1.82, 2.24) is 9.78 Å². The maximum absolute atomic E-state index is 12.0. The average molecular weight is 313 g/mol. The lowest BCUT2D eigenvalue weighted by Gasteiger charge is -2.09. The molecule has 106 valence electrons. The molecular formula is C13H14Cl2N4O. The van der Waals surface area contributed by atoms with Crippen LogP contribution in [0.4, 0.5) is 5.69 Å². The van der Waals surface area contributed by atoms with Gasteiger partial charge in [0.2, 0.25) is 0 Å². The van der Waals surface area contributed by atoms with Crippen molar-refractivity contribution in [3.63, 3.8) is 0 Å². The van der Waals surface area contributed by atoms with Crippen molar-refractivity contribution in [1.29, 1.82) is 0 Å². The first-order chi connectivity index (χ1) is 9.61. The van der Waals surface area contributed by atoms with Crippen LogP contribution in [0.25, 0.3) is 0 Å². The maximum Gasteiger partial charge on any atom is 0.269 e. The summed E-state index contributed by atoms with van der Waals surface area (Å²) in [6, 6.07) is 6.76. The smallest absolute Gasteiger partial charge is 0.269 e. The second-order valence-corrected chi connectivity index (χ2v) is 4.95. The van der Waals surface area contributed by atoms with Crippen LogP contribution in [-0.2, 0) is 6.54 Å². The van der Waals surface area contributed by atoms with E-state index in [2.05, 4.69) is 10.4 Å². The minimum absolute atomic E-state index is 0.219. The Kier molecular flexibility index (Phi) is 5.00. The number of hydrogen-bond acceptors (Lipinski definition) is 4. The van der Waals surface area contributed by atoms with Gasteiger partial charge in [-0.15, -0.1) is 0 Å². The lowest BCUT2D eigenvalue weighted by Crippen LogP contribution is -2.24. The van der Waals surface area contributed by atoms with Gasteiger partial charge in [-0.2, -0.15) is 5.10 Å². The highest BCUT2D eigenvalue weighted by molar-refractivity contribution is 6.42. The van der Waals surface area contributed by atoms with Gasteiger partial charge in [0.05, 0.1) is 28.5 Å². The number of nitrogens with two attached hydrogens (primary N) is 1. The predicted octanol–water partition coefficient (Wildman–Crippen LogP) is 1.97. The second-order valence-electron chi connectivity index (χ2n) is 4.17. The zero-order valence-corrected chi connectivity index (χ0v) is 12.2. The number of aromatic nitrogens is 2. The van der Waals surface area contributed by atoms with Crippen LogP contribution in [0.3, 0.4) is 0 Å². The van der Waals surface area contributed by atoms with Crippen molar-refractivity contribution >= 4 is 28.9 Å². The van der Waals surface area contributed by atoms with Gasteiger partial charge in [-0.05, 0) is 11.6 Å². The minimum Gasteiger partial charge on any atom is -0.382 e.